The molecule has 1 aromatic heterocycles. The third-order valence-corrected chi connectivity index (χ3v) is 6.25. The number of halogens is 3. The molecule has 5 nitrogen and oxygen atoms in total. The lowest BCUT2D eigenvalue weighted by Gasteiger charge is -2.24. The van der Waals surface area contributed by atoms with E-state index < -0.39 is 35.2 Å². The average molecular weight is 473 g/mol. The molecule has 3 aromatic rings. The van der Waals surface area contributed by atoms with Crippen molar-refractivity contribution in [1.29, 1.82) is 0 Å². The molecule has 33 heavy (non-hydrogen) atoms. The second-order valence-corrected chi connectivity index (χ2v) is 8.32. The van der Waals surface area contributed by atoms with Crippen LogP contribution < -0.4 is 4.74 Å². The van der Waals surface area contributed by atoms with Crippen LogP contribution in [-0.2, 0) is 22.3 Å². The van der Waals surface area contributed by atoms with Crippen molar-refractivity contribution in [2.75, 3.05) is 7.11 Å². The molecule has 1 atom stereocenters. The lowest BCUT2D eigenvalue weighted by molar-refractivity contribution is -0.140. The minimum Gasteiger partial charge on any atom is -0.507 e. The van der Waals surface area contributed by atoms with Gasteiger partial charge in [0.05, 0.1) is 29.9 Å². The number of methoxy groups -OCH3 is 1. The van der Waals surface area contributed by atoms with Gasteiger partial charge < -0.3 is 14.7 Å². The zero-order valence-corrected chi connectivity index (χ0v) is 18.1. The maximum Gasteiger partial charge on any atom is 0.416 e. The fourth-order valence-electron chi connectivity index (χ4n) is 3.81. The highest BCUT2D eigenvalue weighted by Crippen LogP contribution is 2.43. The van der Waals surface area contributed by atoms with E-state index in [0.29, 0.717) is 10.6 Å². The molecule has 0 bridgehead atoms. The summed E-state index contributed by atoms with van der Waals surface area (Å²) in [6.07, 6.45) is -4.54. The van der Waals surface area contributed by atoms with Crippen molar-refractivity contribution in [3.63, 3.8) is 0 Å². The summed E-state index contributed by atoms with van der Waals surface area (Å²) in [4.78, 5) is 27.8. The van der Waals surface area contributed by atoms with Crippen LogP contribution in [0.25, 0.3) is 5.76 Å². The van der Waals surface area contributed by atoms with Crippen LogP contribution in [0.2, 0.25) is 0 Å². The number of hydrogen-bond donors (Lipinski definition) is 1. The Hall–Kier alpha value is -3.59. The molecule has 1 N–H and O–H groups in total. The maximum absolute atomic E-state index is 13.2. The Labute approximate surface area is 191 Å². The predicted octanol–water partition coefficient (Wildman–Crippen LogP) is 5.40. The highest BCUT2D eigenvalue weighted by Gasteiger charge is 2.47. The highest BCUT2D eigenvalue weighted by molar-refractivity contribution is 7.10. The number of para-hydroxylation sites is 1. The van der Waals surface area contributed by atoms with Crippen LogP contribution in [-0.4, -0.2) is 28.8 Å². The number of alkyl halides is 3. The van der Waals surface area contributed by atoms with Gasteiger partial charge in [-0.3, -0.25) is 9.59 Å². The Morgan fingerprint density at radius 1 is 1.09 bits per heavy atom. The number of ether oxygens (including phenoxy) is 1. The lowest BCUT2D eigenvalue weighted by atomic mass is 9.99. The van der Waals surface area contributed by atoms with Crippen molar-refractivity contribution in [2.24, 2.45) is 0 Å². The number of hydrogen-bond acceptors (Lipinski definition) is 5. The molecule has 2 aromatic carbocycles. The molecule has 1 aliphatic rings. The number of thiophene rings is 1. The molecule has 2 heterocycles. The van der Waals surface area contributed by atoms with Crippen LogP contribution >= 0.6 is 11.3 Å². The highest BCUT2D eigenvalue weighted by atomic mass is 32.1. The standard InChI is InChI=1S/C24H18F3NO4S/c1-32-17-9-3-2-8-16(17)21(29)19-20(18-10-5-11-33-18)28(23(31)22(19)30)13-14-6-4-7-15(12-14)24(25,26)27/h2-12,20,29H,13H2,1H3/b21-19-. The van der Waals surface area contributed by atoms with Crippen LogP contribution in [0.15, 0.2) is 71.6 Å². The van der Waals surface area contributed by atoms with Gasteiger partial charge >= 0.3 is 6.18 Å². The van der Waals surface area contributed by atoms with Gasteiger partial charge in [0.15, 0.2) is 0 Å². The van der Waals surface area contributed by atoms with Gasteiger partial charge in [0.1, 0.15) is 11.5 Å². The SMILES string of the molecule is COc1ccccc1/C(O)=C1/C(=O)C(=O)N(Cc2cccc(C(F)(F)F)c2)C1c1cccs1. The van der Waals surface area contributed by atoms with Gasteiger partial charge in [-0.1, -0.05) is 30.3 Å². The normalized spacial score (nSPS) is 18.1. The van der Waals surface area contributed by atoms with E-state index in [1.165, 1.54) is 35.5 Å². The van der Waals surface area contributed by atoms with E-state index >= 15 is 0 Å². The zero-order valence-electron chi connectivity index (χ0n) is 17.3. The predicted molar refractivity (Wildman–Crippen MR) is 117 cm³/mol. The number of aliphatic hydroxyl groups is 1. The van der Waals surface area contributed by atoms with Gasteiger partial charge in [-0.15, -0.1) is 11.3 Å². The van der Waals surface area contributed by atoms with Crippen LogP contribution in [0.1, 0.15) is 27.6 Å². The Kier molecular flexibility index (Phi) is 5.99. The molecular formula is C24H18F3NO4S. The molecule has 1 fully saturated rings. The molecule has 1 amide bonds. The molecule has 1 saturated heterocycles. The van der Waals surface area contributed by atoms with E-state index in [1.807, 2.05) is 0 Å². The summed E-state index contributed by atoms with van der Waals surface area (Å²) in [5, 5.41) is 12.8. The summed E-state index contributed by atoms with van der Waals surface area (Å²) in [6.45, 7) is -0.236. The lowest BCUT2D eigenvalue weighted by Crippen LogP contribution is -2.29. The van der Waals surface area contributed by atoms with Gasteiger partial charge in [-0.2, -0.15) is 13.2 Å². The van der Waals surface area contributed by atoms with Crippen molar-refractivity contribution in [3.8, 4) is 5.75 Å². The second-order valence-electron chi connectivity index (χ2n) is 7.34. The largest absolute Gasteiger partial charge is 0.507 e. The van der Waals surface area contributed by atoms with Crippen molar-refractivity contribution < 1.29 is 32.6 Å². The maximum atomic E-state index is 13.2. The van der Waals surface area contributed by atoms with Crippen LogP contribution in [0.5, 0.6) is 5.75 Å². The van der Waals surface area contributed by atoms with E-state index in [4.69, 9.17) is 4.74 Å². The minimum atomic E-state index is -4.54. The Bertz CT molecular complexity index is 1230. The Morgan fingerprint density at radius 3 is 2.52 bits per heavy atom. The monoisotopic (exact) mass is 473 g/mol. The first-order valence-electron chi connectivity index (χ1n) is 9.83. The number of likely N-dealkylation sites (tertiary alicyclic amines) is 1. The van der Waals surface area contributed by atoms with E-state index in [0.717, 1.165) is 12.1 Å². The molecule has 1 unspecified atom stereocenters. The molecule has 0 radical (unpaired) electrons. The number of aliphatic hydroxyl groups excluding tert-OH is 1. The molecule has 0 saturated carbocycles. The first kappa shape index (κ1) is 22.6. The number of ketones is 1. The molecule has 1 aliphatic heterocycles. The van der Waals surface area contributed by atoms with Crippen molar-refractivity contribution in [3.05, 3.63) is 93.2 Å². The molecule has 4 rings (SSSR count). The van der Waals surface area contributed by atoms with Gasteiger partial charge in [0.25, 0.3) is 11.7 Å². The van der Waals surface area contributed by atoms with Gasteiger partial charge in [-0.25, -0.2) is 0 Å². The van der Waals surface area contributed by atoms with E-state index in [-0.39, 0.29) is 23.2 Å². The van der Waals surface area contributed by atoms with Gasteiger partial charge in [0.2, 0.25) is 0 Å². The average Bonchev–Trinajstić information content (AvgIpc) is 3.41. The molecule has 0 spiro atoms. The zero-order chi connectivity index (χ0) is 23.8. The first-order chi connectivity index (χ1) is 15.7. The summed E-state index contributed by atoms with van der Waals surface area (Å²) in [6, 6.07) is 13.6. The summed E-state index contributed by atoms with van der Waals surface area (Å²) in [5.41, 5.74) is -0.540. The van der Waals surface area contributed by atoms with E-state index in [9.17, 15) is 27.9 Å². The molecule has 0 aliphatic carbocycles. The van der Waals surface area contributed by atoms with Gasteiger partial charge in [0, 0.05) is 11.4 Å². The molecular weight excluding hydrogens is 455 g/mol. The number of nitrogens with zero attached hydrogens (tertiary/aromatic N) is 1. The number of amides is 1. The smallest absolute Gasteiger partial charge is 0.416 e. The summed E-state index contributed by atoms with van der Waals surface area (Å²) in [5.74, 6) is -1.91. The minimum absolute atomic E-state index is 0.140. The fraction of sp³-hybridized carbons (Fsp3) is 0.167. The number of carbonyl (C=O) groups excluding carboxylic acids is 2. The molecule has 170 valence electrons. The second kappa shape index (κ2) is 8.74. The van der Waals surface area contributed by atoms with Crippen LogP contribution in [0.3, 0.4) is 0 Å². The number of carbonyl (C=O) groups is 2. The van der Waals surface area contributed by atoms with E-state index in [2.05, 4.69) is 0 Å². The third kappa shape index (κ3) is 4.23. The first-order valence-corrected chi connectivity index (χ1v) is 10.7. The van der Waals surface area contributed by atoms with Gasteiger partial charge in [-0.05, 0) is 41.3 Å². The van der Waals surface area contributed by atoms with Crippen molar-refractivity contribution in [2.45, 2.75) is 18.8 Å². The topological polar surface area (TPSA) is 66.8 Å². The fourth-order valence-corrected chi connectivity index (χ4v) is 4.66. The third-order valence-electron chi connectivity index (χ3n) is 5.32. The number of Topliss-reactive ketones (excluding diaryl/α,β-unsaturated/α-hetero) is 1. The Morgan fingerprint density at radius 2 is 1.85 bits per heavy atom. The summed E-state index contributed by atoms with van der Waals surface area (Å²) in [7, 11) is 1.41. The summed E-state index contributed by atoms with van der Waals surface area (Å²) < 4.78 is 44.8. The number of rotatable bonds is 5. The van der Waals surface area contributed by atoms with Crippen molar-refractivity contribution >= 4 is 28.8 Å². The van der Waals surface area contributed by atoms with Crippen LogP contribution in [0, 0.1) is 0 Å². The Balaban J connectivity index is 1.82. The van der Waals surface area contributed by atoms with E-state index in [1.54, 1.807) is 41.8 Å². The quantitative estimate of drug-likeness (QED) is 0.306. The van der Waals surface area contributed by atoms with Crippen molar-refractivity contribution in [1.82, 2.24) is 4.90 Å². The molecule has 9 heteroatoms. The van der Waals surface area contributed by atoms with Crippen LogP contribution in [0.4, 0.5) is 13.2 Å². The number of benzene rings is 2. The summed E-state index contributed by atoms with van der Waals surface area (Å²) >= 11 is 1.27.